The highest BCUT2D eigenvalue weighted by atomic mass is 19.4. The van der Waals surface area contributed by atoms with E-state index in [1.807, 2.05) is 143 Å². The Balaban J connectivity index is 1.22. The van der Waals surface area contributed by atoms with Crippen molar-refractivity contribution >= 4 is 43.6 Å². The minimum absolute atomic E-state index is 0.0374. The van der Waals surface area contributed by atoms with Crippen LogP contribution in [0.15, 0.2) is 200 Å². The van der Waals surface area contributed by atoms with Crippen LogP contribution in [-0.4, -0.2) is 9.13 Å². The van der Waals surface area contributed by atoms with Gasteiger partial charge >= 0.3 is 12.4 Å². The fourth-order valence-corrected chi connectivity index (χ4v) is 9.44. The summed E-state index contributed by atoms with van der Waals surface area (Å²) in [6.45, 7) is 0. The lowest BCUT2D eigenvalue weighted by Gasteiger charge is -2.22. The van der Waals surface area contributed by atoms with E-state index in [1.165, 1.54) is 0 Å². The van der Waals surface area contributed by atoms with Gasteiger partial charge in [-0.3, -0.25) is 0 Å². The molecule has 0 unspecified atom stereocenters. The topological polar surface area (TPSA) is 33.6 Å². The number of para-hydroxylation sites is 2. The van der Waals surface area contributed by atoms with Crippen LogP contribution in [-0.2, 0) is 12.4 Å². The Morgan fingerprint density at radius 3 is 1.47 bits per heavy atom. The van der Waals surface area contributed by atoms with E-state index in [9.17, 15) is 18.4 Å². The van der Waals surface area contributed by atoms with Crippen LogP contribution in [0.4, 0.5) is 26.3 Å². The first-order valence-electron chi connectivity index (χ1n) is 21.1. The molecule has 9 heteroatoms. The van der Waals surface area contributed by atoms with Crippen molar-refractivity contribution < 1.29 is 26.3 Å². The van der Waals surface area contributed by atoms with Crippen LogP contribution >= 0.6 is 0 Å². The molecule has 0 aliphatic heterocycles. The SMILES string of the molecule is N#Cc1ccc(-n2c3ccccc3c3cc(-c4ccccc4)ccc32)c(-c2cc(-n3c4ccccc4c4cc(-c5ccccc5)ccc43)ccc2-c2ccc(C(F)(F)F)cc2C(F)(F)F)c1. The Hall–Kier alpha value is -8.35. The molecule has 318 valence electrons. The number of nitriles is 1. The molecule has 9 aromatic carbocycles. The first kappa shape index (κ1) is 40.4. The fraction of sp³-hybridized carbons (Fsp3) is 0.0351. The van der Waals surface area contributed by atoms with E-state index in [0.29, 0.717) is 23.0 Å². The van der Waals surface area contributed by atoms with Crippen molar-refractivity contribution in [2.45, 2.75) is 12.4 Å². The molecule has 0 radical (unpaired) electrons. The number of nitrogens with zero attached hydrogens (tertiary/aromatic N) is 3. The highest BCUT2D eigenvalue weighted by molar-refractivity contribution is 6.12. The normalized spacial score (nSPS) is 12.1. The Morgan fingerprint density at radius 2 is 0.894 bits per heavy atom. The molecule has 2 aromatic heterocycles. The van der Waals surface area contributed by atoms with Gasteiger partial charge in [0.05, 0.1) is 50.5 Å². The third-order valence-electron chi connectivity index (χ3n) is 12.4. The lowest BCUT2D eigenvalue weighted by atomic mass is 9.88. The first-order valence-corrected chi connectivity index (χ1v) is 21.1. The van der Waals surface area contributed by atoms with Crippen LogP contribution in [0.5, 0.6) is 0 Å². The molecule has 11 rings (SSSR count). The molecule has 2 heterocycles. The second-order valence-electron chi connectivity index (χ2n) is 16.2. The number of rotatable bonds is 6. The Labute approximate surface area is 374 Å². The summed E-state index contributed by atoms with van der Waals surface area (Å²) in [5.41, 5.74) is 6.18. The van der Waals surface area contributed by atoms with Gasteiger partial charge in [-0.15, -0.1) is 0 Å². The van der Waals surface area contributed by atoms with Gasteiger partial charge in [0.1, 0.15) is 0 Å². The van der Waals surface area contributed by atoms with Gasteiger partial charge in [0.15, 0.2) is 0 Å². The number of hydrogen-bond donors (Lipinski definition) is 0. The van der Waals surface area contributed by atoms with Crippen LogP contribution in [0.1, 0.15) is 16.7 Å². The smallest absolute Gasteiger partial charge is 0.309 e. The average Bonchev–Trinajstić information content (AvgIpc) is 3.85. The minimum atomic E-state index is -5.16. The van der Waals surface area contributed by atoms with Crippen molar-refractivity contribution in [3.05, 3.63) is 217 Å². The molecule has 0 spiro atoms. The lowest BCUT2D eigenvalue weighted by molar-refractivity contribution is -0.142. The maximum absolute atomic E-state index is 15.2. The average molecular weight is 874 g/mol. The standard InChI is InChI=1S/C57H33F6N3/c58-56(59,60)40-22-24-43(50(32-40)57(61,62)63)42-25-23-41(65-51-17-9-7-15-44(51)48-30-38(20-27-53(48)65)36-11-3-1-4-12-36)33-46(42)47-29-35(34-64)19-26-54(47)66-52-18-10-8-16-45(52)49-31-39(21-28-55(49)66)37-13-5-2-6-14-37/h1-33H. The number of fused-ring (bicyclic) bond motifs is 6. The monoisotopic (exact) mass is 873 g/mol. The number of hydrogen-bond acceptors (Lipinski definition) is 1. The molecule has 66 heavy (non-hydrogen) atoms. The lowest BCUT2D eigenvalue weighted by Crippen LogP contribution is -2.12. The summed E-state index contributed by atoms with van der Waals surface area (Å²) in [5.74, 6) is 0. The summed E-state index contributed by atoms with van der Waals surface area (Å²) in [4.78, 5) is 0. The highest BCUT2D eigenvalue weighted by Gasteiger charge is 2.39. The van der Waals surface area contributed by atoms with Crippen molar-refractivity contribution in [2.75, 3.05) is 0 Å². The highest BCUT2D eigenvalue weighted by Crippen LogP contribution is 2.47. The third-order valence-corrected chi connectivity index (χ3v) is 12.4. The summed E-state index contributed by atoms with van der Waals surface area (Å²) in [6.07, 6.45) is -10.2. The third kappa shape index (κ3) is 6.77. The van der Waals surface area contributed by atoms with E-state index in [2.05, 4.69) is 18.2 Å². The molecule has 0 bridgehead atoms. The van der Waals surface area contributed by atoms with Crippen LogP contribution in [0.2, 0.25) is 0 Å². The number of alkyl halides is 6. The molecule has 0 saturated carbocycles. The first-order chi connectivity index (χ1) is 32.0. The van der Waals surface area contributed by atoms with E-state index in [0.717, 1.165) is 71.9 Å². The zero-order valence-electron chi connectivity index (χ0n) is 34.7. The summed E-state index contributed by atoms with van der Waals surface area (Å²) >= 11 is 0. The Kier molecular flexibility index (Phi) is 9.45. The van der Waals surface area contributed by atoms with Gasteiger partial charge in [-0.1, -0.05) is 121 Å². The second kappa shape index (κ2) is 15.4. The van der Waals surface area contributed by atoms with Gasteiger partial charge in [-0.05, 0) is 118 Å². The minimum Gasteiger partial charge on any atom is -0.309 e. The Morgan fingerprint density at radius 1 is 0.364 bits per heavy atom. The van der Waals surface area contributed by atoms with Crippen LogP contribution in [0.25, 0.3) is 99.5 Å². The molecule has 0 saturated heterocycles. The van der Waals surface area contributed by atoms with Crippen LogP contribution in [0.3, 0.4) is 0 Å². The van der Waals surface area contributed by atoms with E-state index >= 15 is 13.2 Å². The molecule has 0 fully saturated rings. The number of aromatic nitrogens is 2. The molecule has 0 atom stereocenters. The number of benzene rings is 9. The molecule has 0 N–H and O–H groups in total. The van der Waals surface area contributed by atoms with Gasteiger partial charge in [0.2, 0.25) is 0 Å². The van der Waals surface area contributed by atoms with Crippen LogP contribution < -0.4 is 0 Å². The summed E-state index contributed by atoms with van der Waals surface area (Å²) in [7, 11) is 0. The van der Waals surface area contributed by atoms with E-state index in [1.54, 1.807) is 36.4 Å². The predicted molar refractivity (Wildman–Crippen MR) is 252 cm³/mol. The molecule has 11 aromatic rings. The van der Waals surface area contributed by atoms with Gasteiger partial charge in [0, 0.05) is 32.8 Å². The zero-order chi connectivity index (χ0) is 45.3. The maximum atomic E-state index is 15.2. The summed E-state index contributed by atoms with van der Waals surface area (Å²) in [6, 6.07) is 62.1. The van der Waals surface area contributed by atoms with E-state index < -0.39 is 29.0 Å². The van der Waals surface area contributed by atoms with E-state index in [4.69, 9.17) is 0 Å². The quantitative estimate of drug-likeness (QED) is 0.153. The second-order valence-corrected chi connectivity index (χ2v) is 16.2. The molecule has 0 aliphatic carbocycles. The molecule has 0 amide bonds. The molecular formula is C57H33F6N3. The van der Waals surface area contributed by atoms with Gasteiger partial charge in [-0.25, -0.2) is 0 Å². The predicted octanol–water partition coefficient (Wildman–Crippen LogP) is 16.5. The van der Waals surface area contributed by atoms with Crippen molar-refractivity contribution in [1.29, 1.82) is 5.26 Å². The Bertz CT molecular complexity index is 3740. The maximum Gasteiger partial charge on any atom is 0.417 e. The van der Waals surface area contributed by atoms with Gasteiger partial charge in [0.25, 0.3) is 0 Å². The zero-order valence-corrected chi connectivity index (χ0v) is 34.7. The van der Waals surface area contributed by atoms with Crippen molar-refractivity contribution in [3.8, 4) is 62.0 Å². The van der Waals surface area contributed by atoms with Gasteiger partial charge in [-0.2, -0.15) is 31.6 Å². The molecular weight excluding hydrogens is 841 g/mol. The van der Waals surface area contributed by atoms with E-state index in [-0.39, 0.29) is 22.8 Å². The van der Waals surface area contributed by atoms with Crippen molar-refractivity contribution in [2.24, 2.45) is 0 Å². The largest absolute Gasteiger partial charge is 0.417 e. The summed E-state index contributed by atoms with van der Waals surface area (Å²) in [5, 5.41) is 14.1. The fourth-order valence-electron chi connectivity index (χ4n) is 9.44. The van der Waals surface area contributed by atoms with Crippen molar-refractivity contribution in [1.82, 2.24) is 9.13 Å². The molecule has 0 aliphatic rings. The number of halogens is 6. The van der Waals surface area contributed by atoms with Crippen molar-refractivity contribution in [3.63, 3.8) is 0 Å². The summed E-state index contributed by atoms with van der Waals surface area (Å²) < 4.78 is 91.8. The van der Waals surface area contributed by atoms with Crippen LogP contribution in [0, 0.1) is 11.3 Å². The van der Waals surface area contributed by atoms with Gasteiger partial charge < -0.3 is 9.13 Å². The molecule has 3 nitrogen and oxygen atoms in total.